The van der Waals surface area contributed by atoms with Crippen molar-refractivity contribution in [1.29, 1.82) is 0 Å². The monoisotopic (exact) mass is 604 g/mol. The maximum Gasteiger partial charge on any atom is 0.309 e. The van der Waals surface area contributed by atoms with Crippen LogP contribution in [0.5, 0.6) is 0 Å². The summed E-state index contributed by atoms with van der Waals surface area (Å²) < 4.78 is 37.7. The summed E-state index contributed by atoms with van der Waals surface area (Å²) in [5.74, 6) is -0.431. The van der Waals surface area contributed by atoms with Crippen molar-refractivity contribution in [1.82, 2.24) is 0 Å². The Kier molecular flexibility index (Phi) is 12.7. The number of ether oxygens (including phenoxy) is 6. The summed E-state index contributed by atoms with van der Waals surface area (Å²) in [4.78, 5) is 12.7. The standard InChI is InChI=1S/C36H44O8/c1-5-29(21-31(38)44-36(2,3)4)42-35-34(41-25-28-19-13-8-14-20-28)33(40-24-27-17-11-7-12-18-27)32(30(22-37)43-35)39-23-26-15-9-6-10-16-26/h5-20,29-30,32-35,37H,1,21-25H2,2-4H3/t29-,30+,32+,33-,34+,35+/m0/s1. The van der Waals surface area contributed by atoms with Crippen LogP contribution in [0.4, 0.5) is 0 Å². The van der Waals surface area contributed by atoms with Crippen LogP contribution < -0.4 is 0 Å². The molecule has 1 heterocycles. The third-order valence-corrected chi connectivity index (χ3v) is 6.99. The molecule has 8 heteroatoms. The van der Waals surface area contributed by atoms with Gasteiger partial charge in [-0.1, -0.05) is 97.1 Å². The van der Waals surface area contributed by atoms with Gasteiger partial charge in [-0.2, -0.15) is 0 Å². The predicted molar refractivity (Wildman–Crippen MR) is 166 cm³/mol. The first kappa shape index (κ1) is 33.5. The zero-order valence-corrected chi connectivity index (χ0v) is 25.7. The van der Waals surface area contributed by atoms with Crippen molar-refractivity contribution >= 4 is 5.97 Å². The number of hydrogen-bond acceptors (Lipinski definition) is 8. The summed E-state index contributed by atoms with van der Waals surface area (Å²) >= 11 is 0. The van der Waals surface area contributed by atoms with Gasteiger partial charge in [-0.3, -0.25) is 4.79 Å². The van der Waals surface area contributed by atoms with E-state index in [1.807, 2.05) is 112 Å². The van der Waals surface area contributed by atoms with Gasteiger partial charge < -0.3 is 33.5 Å². The SMILES string of the molecule is C=C[C@@H](CC(=O)OC(C)(C)C)O[C@@H]1O[C@H](CO)[C@@H](OCc2ccccc2)[C@H](OCc2ccccc2)[C@H]1OCc1ccccc1. The molecule has 0 bridgehead atoms. The Morgan fingerprint density at radius 2 is 1.25 bits per heavy atom. The van der Waals surface area contributed by atoms with E-state index in [1.54, 1.807) is 0 Å². The Labute approximate surface area is 260 Å². The molecule has 0 unspecified atom stereocenters. The highest BCUT2D eigenvalue weighted by Crippen LogP contribution is 2.32. The zero-order chi connectivity index (χ0) is 31.4. The third-order valence-electron chi connectivity index (χ3n) is 6.99. The van der Waals surface area contributed by atoms with Crippen LogP contribution in [0.15, 0.2) is 104 Å². The Bertz CT molecular complexity index is 1260. The van der Waals surface area contributed by atoms with Crippen LogP contribution in [0.25, 0.3) is 0 Å². The first-order valence-corrected chi connectivity index (χ1v) is 15.0. The molecule has 1 fully saturated rings. The fourth-order valence-corrected chi connectivity index (χ4v) is 4.91. The largest absolute Gasteiger partial charge is 0.460 e. The van der Waals surface area contributed by atoms with Crippen molar-refractivity contribution in [2.45, 2.75) is 89.4 Å². The molecule has 0 aromatic heterocycles. The van der Waals surface area contributed by atoms with Crippen LogP contribution in [0.1, 0.15) is 43.9 Å². The molecule has 1 aliphatic heterocycles. The molecule has 3 aromatic carbocycles. The van der Waals surface area contributed by atoms with Gasteiger partial charge in [-0.15, -0.1) is 6.58 Å². The second-order valence-electron chi connectivity index (χ2n) is 11.7. The van der Waals surface area contributed by atoms with E-state index in [9.17, 15) is 9.90 Å². The van der Waals surface area contributed by atoms with E-state index in [-0.39, 0.29) is 32.8 Å². The highest BCUT2D eigenvalue weighted by atomic mass is 16.7. The number of esters is 1. The van der Waals surface area contributed by atoms with Crippen molar-refractivity contribution < 1.29 is 38.3 Å². The number of benzene rings is 3. The molecule has 44 heavy (non-hydrogen) atoms. The average molecular weight is 605 g/mol. The lowest BCUT2D eigenvalue weighted by Gasteiger charge is -2.46. The van der Waals surface area contributed by atoms with Crippen LogP contribution in [0.3, 0.4) is 0 Å². The Morgan fingerprint density at radius 1 is 0.795 bits per heavy atom. The van der Waals surface area contributed by atoms with Gasteiger partial charge in [-0.05, 0) is 37.5 Å². The molecule has 0 spiro atoms. The minimum atomic E-state index is -1.02. The Hall–Kier alpha value is -3.37. The highest BCUT2D eigenvalue weighted by Gasteiger charge is 2.49. The molecule has 4 rings (SSSR count). The van der Waals surface area contributed by atoms with Gasteiger partial charge in [-0.25, -0.2) is 0 Å². The summed E-state index contributed by atoms with van der Waals surface area (Å²) in [5.41, 5.74) is 2.24. The van der Waals surface area contributed by atoms with Crippen molar-refractivity contribution in [3.8, 4) is 0 Å². The van der Waals surface area contributed by atoms with Gasteiger partial charge in [0.1, 0.15) is 30.0 Å². The van der Waals surface area contributed by atoms with Gasteiger partial charge >= 0.3 is 5.97 Å². The van der Waals surface area contributed by atoms with E-state index in [1.165, 1.54) is 6.08 Å². The van der Waals surface area contributed by atoms with Crippen LogP contribution in [-0.4, -0.2) is 60.1 Å². The first-order valence-electron chi connectivity index (χ1n) is 15.0. The van der Waals surface area contributed by atoms with Crippen molar-refractivity contribution in [3.63, 3.8) is 0 Å². The number of hydrogen-bond donors (Lipinski definition) is 1. The van der Waals surface area contributed by atoms with Crippen LogP contribution in [-0.2, 0) is 53.0 Å². The summed E-state index contributed by atoms with van der Waals surface area (Å²) in [6, 6.07) is 29.3. The van der Waals surface area contributed by atoms with Gasteiger partial charge in [0.05, 0.1) is 39.0 Å². The molecule has 1 saturated heterocycles. The fraction of sp³-hybridized carbons (Fsp3) is 0.417. The number of aliphatic hydroxyl groups is 1. The van der Waals surface area contributed by atoms with Crippen molar-refractivity contribution in [3.05, 3.63) is 120 Å². The zero-order valence-electron chi connectivity index (χ0n) is 25.7. The molecule has 3 aromatic rings. The first-order chi connectivity index (χ1) is 21.3. The molecular formula is C36H44O8. The molecule has 1 N–H and O–H groups in total. The van der Waals surface area contributed by atoms with E-state index in [0.29, 0.717) is 0 Å². The van der Waals surface area contributed by atoms with Gasteiger partial charge in [0.2, 0.25) is 0 Å². The minimum absolute atomic E-state index is 0.0701. The third kappa shape index (κ3) is 10.4. The summed E-state index contributed by atoms with van der Waals surface area (Å²) in [5, 5.41) is 10.5. The Balaban J connectivity index is 1.62. The lowest BCUT2D eigenvalue weighted by Crippen LogP contribution is -2.62. The summed E-state index contributed by atoms with van der Waals surface area (Å²) in [7, 11) is 0. The molecule has 0 aliphatic carbocycles. The minimum Gasteiger partial charge on any atom is -0.460 e. The van der Waals surface area contributed by atoms with E-state index in [0.717, 1.165) is 16.7 Å². The molecule has 236 valence electrons. The maximum atomic E-state index is 12.7. The fourth-order valence-electron chi connectivity index (χ4n) is 4.91. The van der Waals surface area contributed by atoms with E-state index < -0.39 is 48.4 Å². The molecule has 0 saturated carbocycles. The summed E-state index contributed by atoms with van der Waals surface area (Å²) in [6.45, 7) is 9.75. The quantitative estimate of drug-likeness (QED) is 0.173. The second-order valence-corrected chi connectivity index (χ2v) is 11.7. The van der Waals surface area contributed by atoms with Gasteiger partial charge in [0.25, 0.3) is 0 Å². The lowest BCUT2D eigenvalue weighted by molar-refractivity contribution is -0.332. The van der Waals surface area contributed by atoms with E-state index in [4.69, 9.17) is 28.4 Å². The van der Waals surface area contributed by atoms with Gasteiger partial charge in [0.15, 0.2) is 6.29 Å². The highest BCUT2D eigenvalue weighted by molar-refractivity contribution is 5.70. The van der Waals surface area contributed by atoms with Crippen molar-refractivity contribution in [2.75, 3.05) is 6.61 Å². The molecule has 0 radical (unpaired) electrons. The van der Waals surface area contributed by atoms with Crippen LogP contribution in [0, 0.1) is 0 Å². The molecular weight excluding hydrogens is 560 g/mol. The molecule has 8 nitrogen and oxygen atoms in total. The Morgan fingerprint density at radius 3 is 1.68 bits per heavy atom. The molecule has 1 aliphatic rings. The number of aliphatic hydroxyl groups excluding tert-OH is 1. The predicted octanol–water partition coefficient (Wildman–Crippen LogP) is 5.76. The smallest absolute Gasteiger partial charge is 0.309 e. The molecule has 6 atom stereocenters. The van der Waals surface area contributed by atoms with E-state index in [2.05, 4.69) is 6.58 Å². The second kappa shape index (κ2) is 16.6. The lowest BCUT2D eigenvalue weighted by atomic mass is 9.97. The molecule has 0 amide bonds. The number of rotatable bonds is 15. The maximum absolute atomic E-state index is 12.7. The number of carbonyl (C=O) groups is 1. The number of carbonyl (C=O) groups excluding carboxylic acids is 1. The van der Waals surface area contributed by atoms with Crippen LogP contribution >= 0.6 is 0 Å². The normalized spacial score (nSPS) is 22.7. The van der Waals surface area contributed by atoms with Crippen molar-refractivity contribution in [2.24, 2.45) is 0 Å². The van der Waals surface area contributed by atoms with E-state index >= 15 is 0 Å². The topological polar surface area (TPSA) is 92.7 Å². The average Bonchev–Trinajstić information content (AvgIpc) is 3.02. The van der Waals surface area contributed by atoms with Gasteiger partial charge in [0, 0.05) is 0 Å². The summed E-state index contributed by atoms with van der Waals surface area (Å²) in [6.07, 6.45) is -3.28. The van der Waals surface area contributed by atoms with Crippen LogP contribution in [0.2, 0.25) is 0 Å².